The van der Waals surface area contributed by atoms with E-state index in [2.05, 4.69) is 5.10 Å². The normalized spacial score (nSPS) is 23.9. The largest absolute Gasteiger partial charge is 0.497 e. The van der Waals surface area contributed by atoms with Crippen molar-refractivity contribution in [3.63, 3.8) is 0 Å². The highest BCUT2D eigenvalue weighted by molar-refractivity contribution is 6.09. The molecule has 174 valence electrons. The molecule has 3 amide bonds. The van der Waals surface area contributed by atoms with Crippen LogP contribution in [0.2, 0.25) is 0 Å². The number of fused-ring (bicyclic) bond motifs is 1. The minimum atomic E-state index is -2.86. The number of carbonyl (C=O) groups is 3. The van der Waals surface area contributed by atoms with Crippen molar-refractivity contribution in [3.8, 4) is 11.4 Å². The smallest absolute Gasteiger partial charge is 0.277 e. The maximum atomic E-state index is 14.3. The first-order chi connectivity index (χ1) is 21.3. The molecule has 9 heteroatoms. The fourth-order valence-corrected chi connectivity index (χ4v) is 3.57. The van der Waals surface area contributed by atoms with Gasteiger partial charge in [0.1, 0.15) is 11.4 Å². The van der Waals surface area contributed by atoms with Crippen molar-refractivity contribution in [2.45, 2.75) is 25.7 Å². The van der Waals surface area contributed by atoms with Crippen molar-refractivity contribution in [2.75, 3.05) is 29.9 Å². The molecule has 5 rings (SSSR count). The van der Waals surface area contributed by atoms with Crippen LogP contribution in [0.25, 0.3) is 5.69 Å². The second kappa shape index (κ2) is 8.66. The Balaban J connectivity index is 1.79. The summed E-state index contributed by atoms with van der Waals surface area (Å²) in [5.74, 6) is -3.83. The van der Waals surface area contributed by atoms with Crippen LogP contribution in [-0.2, 0) is 11.2 Å². The van der Waals surface area contributed by atoms with Gasteiger partial charge in [-0.2, -0.15) is 5.10 Å². The Hall–Kier alpha value is -4.14. The van der Waals surface area contributed by atoms with Crippen LogP contribution in [0, 0.1) is 0 Å². The van der Waals surface area contributed by atoms with Crippen LogP contribution in [0.5, 0.6) is 5.75 Å². The number of methoxy groups -OCH3 is 1. The number of piperidine rings is 1. The Morgan fingerprint density at radius 2 is 1.62 bits per heavy atom. The average Bonchev–Trinajstić information content (AvgIpc) is 3.33. The third-order valence-corrected chi connectivity index (χ3v) is 5.17. The fraction of sp³-hybridized carbons (Fsp3) is 0.280. The number of benzene rings is 2. The van der Waals surface area contributed by atoms with E-state index in [1.54, 1.807) is 0 Å². The molecule has 0 radical (unpaired) electrons. The number of primary amides is 1. The number of hydrogen-bond donors (Lipinski definition) is 1. The topological polar surface area (TPSA) is 111 Å². The summed E-state index contributed by atoms with van der Waals surface area (Å²) in [7, 11) is 1.12. The number of rotatable bonds is 5. The summed E-state index contributed by atoms with van der Waals surface area (Å²) in [6.45, 7) is -5.23. The lowest BCUT2D eigenvalue weighted by molar-refractivity contribution is -0.119. The van der Waals surface area contributed by atoms with Gasteiger partial charge in [0.15, 0.2) is 5.69 Å². The Bertz CT molecular complexity index is 1820. The van der Waals surface area contributed by atoms with Crippen LogP contribution in [0.4, 0.5) is 11.4 Å². The first kappa shape index (κ1) is 11.8. The van der Waals surface area contributed by atoms with E-state index in [0.717, 1.165) is 7.11 Å². The quantitative estimate of drug-likeness (QED) is 0.615. The first-order valence-corrected chi connectivity index (χ1v) is 10.1. The van der Waals surface area contributed by atoms with Crippen LogP contribution < -0.4 is 20.3 Å². The second-order valence-electron chi connectivity index (χ2n) is 7.25. The maximum absolute atomic E-state index is 14.3. The van der Waals surface area contributed by atoms with Crippen LogP contribution in [-0.4, -0.2) is 47.6 Å². The van der Waals surface area contributed by atoms with Crippen molar-refractivity contribution in [3.05, 3.63) is 65.3 Å². The first-order valence-electron chi connectivity index (χ1n) is 16.1. The summed E-state index contributed by atoms with van der Waals surface area (Å²) in [4.78, 5) is 40.2. The van der Waals surface area contributed by atoms with E-state index in [1.165, 1.54) is 0 Å². The van der Waals surface area contributed by atoms with Crippen molar-refractivity contribution in [2.24, 2.45) is 5.73 Å². The number of anilines is 2. The van der Waals surface area contributed by atoms with Crippen LogP contribution in [0.3, 0.4) is 0 Å². The van der Waals surface area contributed by atoms with E-state index < -0.39 is 120 Å². The van der Waals surface area contributed by atoms with Gasteiger partial charge < -0.3 is 20.3 Å². The second-order valence-corrected chi connectivity index (χ2v) is 7.25. The summed E-state index contributed by atoms with van der Waals surface area (Å²) in [5, 5.41) is 3.97. The summed E-state index contributed by atoms with van der Waals surface area (Å²) in [5.41, 5.74) is 1.62. The highest BCUT2D eigenvalue weighted by atomic mass is 16.5. The Labute approximate surface area is 213 Å². The molecule has 9 nitrogen and oxygen atoms in total. The minimum absolute atomic E-state index is 0.121. The number of nitrogens with two attached hydrogens (primary N) is 1. The molecule has 2 aromatic carbocycles. The van der Waals surface area contributed by atoms with Gasteiger partial charge in [-0.1, -0.05) is 0 Å². The predicted octanol–water partition coefficient (Wildman–Crippen LogP) is 2.70. The van der Waals surface area contributed by atoms with Gasteiger partial charge in [0.2, 0.25) is 5.91 Å². The zero-order chi connectivity index (χ0) is 34.4. The summed E-state index contributed by atoms with van der Waals surface area (Å²) < 4.78 is 108. The van der Waals surface area contributed by atoms with Crippen molar-refractivity contribution in [1.82, 2.24) is 9.78 Å². The average molecular weight is 472 g/mol. The molecule has 3 heterocycles. The molecule has 1 fully saturated rings. The van der Waals surface area contributed by atoms with Gasteiger partial charge in [-0.25, -0.2) is 4.68 Å². The molecule has 0 saturated carbocycles. The SMILES string of the molecule is [2H]c1c([2H])c(-n2nc(C(N)=O)c3c2C(=O)N(c2c([2H])c([2H])c(N4C(=O)CCCC4([2H])[2H])c([2H])c2[2H])C([2H])([2H])C3)c([2H])c([2H])c1OC. The fourth-order valence-electron chi connectivity index (χ4n) is 3.57. The molecule has 34 heavy (non-hydrogen) atoms. The third kappa shape index (κ3) is 3.68. The van der Waals surface area contributed by atoms with Crippen LogP contribution in [0.15, 0.2) is 48.3 Å². The molecule has 0 spiro atoms. The molecule has 1 saturated heterocycles. The third-order valence-electron chi connectivity index (χ3n) is 5.17. The Morgan fingerprint density at radius 1 is 0.971 bits per heavy atom. The number of aromatic nitrogens is 2. The van der Waals surface area contributed by atoms with Gasteiger partial charge in [-0.05, 0) is 67.6 Å². The molecule has 0 atom stereocenters. The molecule has 0 bridgehead atoms. The van der Waals surface area contributed by atoms with Crippen LogP contribution in [0.1, 0.15) is 62.3 Å². The molecule has 2 N–H and O–H groups in total. The van der Waals surface area contributed by atoms with E-state index in [4.69, 9.17) is 26.9 Å². The number of amides is 3. The van der Waals surface area contributed by atoms with E-state index >= 15 is 0 Å². The molecule has 2 aliphatic rings. The standard InChI is InChI=1S/C25H25N5O4/c1-34-19-11-9-18(10-12-19)30-23-20(22(27-30)24(26)32)13-15-29(25(23)33)17-7-5-16(6-8-17)28-14-3-2-4-21(28)31/h5-12H,2-4,13-15H2,1H3,(H2,26,32)/i5D,6D,7D,8D,9D,10D,11D,12D,14D2,15D2. The highest BCUT2D eigenvalue weighted by Gasteiger charge is 2.34. The minimum Gasteiger partial charge on any atom is -0.497 e. The monoisotopic (exact) mass is 471 g/mol. The van der Waals surface area contributed by atoms with Crippen LogP contribution >= 0.6 is 0 Å². The van der Waals surface area contributed by atoms with E-state index in [-0.39, 0.29) is 29.7 Å². The number of carbonyl (C=O) groups excluding carboxylic acids is 3. The number of nitrogens with zero attached hydrogens (tertiary/aromatic N) is 4. The summed E-state index contributed by atoms with van der Waals surface area (Å²) in [6, 6.07) is -6.65. The van der Waals surface area contributed by atoms with Gasteiger partial charge >= 0.3 is 0 Å². The van der Waals surface area contributed by atoms with Gasteiger partial charge in [-0.3, -0.25) is 14.4 Å². The molecular weight excluding hydrogens is 434 g/mol. The molecule has 0 unspecified atom stereocenters. The Morgan fingerprint density at radius 3 is 2.24 bits per heavy atom. The lowest BCUT2D eigenvalue weighted by Gasteiger charge is -2.29. The molecular formula is C25H25N5O4. The maximum Gasteiger partial charge on any atom is 0.277 e. The van der Waals surface area contributed by atoms with Gasteiger partial charge in [-0.15, -0.1) is 0 Å². The van der Waals surface area contributed by atoms with E-state index in [0.29, 0.717) is 9.58 Å². The zero-order valence-electron chi connectivity index (χ0n) is 29.8. The predicted molar refractivity (Wildman–Crippen MR) is 127 cm³/mol. The summed E-state index contributed by atoms with van der Waals surface area (Å²) in [6.07, 6.45) is -0.932. The molecule has 2 aliphatic heterocycles. The lowest BCUT2D eigenvalue weighted by atomic mass is 10.0. The van der Waals surface area contributed by atoms with Gasteiger partial charge in [0, 0.05) is 39.1 Å². The number of hydrogen-bond acceptors (Lipinski definition) is 5. The zero-order valence-corrected chi connectivity index (χ0v) is 17.8. The molecule has 0 aliphatic carbocycles. The van der Waals surface area contributed by atoms with E-state index in [1.807, 2.05) is 0 Å². The molecule has 3 aromatic rings. The van der Waals surface area contributed by atoms with E-state index in [9.17, 15) is 14.4 Å². The van der Waals surface area contributed by atoms with Crippen molar-refractivity contribution in [1.29, 1.82) is 0 Å². The highest BCUT2D eigenvalue weighted by Crippen LogP contribution is 2.31. The van der Waals surface area contributed by atoms with Crippen molar-refractivity contribution >= 4 is 29.1 Å². The van der Waals surface area contributed by atoms with Crippen molar-refractivity contribution < 1.29 is 35.6 Å². The van der Waals surface area contributed by atoms with Gasteiger partial charge in [0.05, 0.1) is 26.5 Å². The summed E-state index contributed by atoms with van der Waals surface area (Å²) >= 11 is 0. The Kier molecular flexibility index (Phi) is 3.01. The number of ether oxygens (including phenoxy) is 1. The lowest BCUT2D eigenvalue weighted by Crippen LogP contribution is -2.39. The van der Waals surface area contributed by atoms with Gasteiger partial charge in [0.25, 0.3) is 11.8 Å². The molecule has 1 aromatic heterocycles.